The van der Waals surface area contributed by atoms with Crippen LogP contribution in [0.1, 0.15) is 12.8 Å². The van der Waals surface area contributed by atoms with Crippen LogP contribution in [0.4, 0.5) is 5.69 Å². The van der Waals surface area contributed by atoms with Gasteiger partial charge in [0.15, 0.2) is 0 Å². The lowest BCUT2D eigenvalue weighted by Gasteiger charge is -2.36. The van der Waals surface area contributed by atoms with Gasteiger partial charge in [-0.3, -0.25) is 0 Å². The number of piperidine rings is 1. The van der Waals surface area contributed by atoms with Gasteiger partial charge in [0.05, 0.1) is 7.11 Å². The summed E-state index contributed by atoms with van der Waals surface area (Å²) in [5.74, 6) is 0.692. The van der Waals surface area contributed by atoms with Crippen molar-refractivity contribution < 1.29 is 4.74 Å². The molecule has 2 heterocycles. The molecule has 2 rings (SSSR count). The number of methoxy groups -OCH3 is 1. The third kappa shape index (κ3) is 2.88. The number of hydrogen-bond acceptors (Lipinski definition) is 4. The van der Waals surface area contributed by atoms with Gasteiger partial charge in [-0.25, -0.2) is 4.98 Å². The van der Waals surface area contributed by atoms with Crippen LogP contribution in [0.3, 0.4) is 0 Å². The summed E-state index contributed by atoms with van der Waals surface area (Å²) in [6, 6.07) is 4.78. The zero-order valence-electron chi connectivity index (χ0n) is 10.9. The molecule has 0 saturated carbocycles. The molecule has 0 atom stereocenters. The molecule has 1 aromatic heterocycles. The van der Waals surface area contributed by atoms with Crippen LogP contribution in [0.5, 0.6) is 5.88 Å². The first-order valence-corrected chi connectivity index (χ1v) is 6.12. The Morgan fingerprint density at radius 1 is 1.35 bits per heavy atom. The molecule has 1 fully saturated rings. The molecule has 1 saturated heterocycles. The molecule has 4 nitrogen and oxygen atoms in total. The number of nitrogens with zero attached hydrogens (tertiary/aromatic N) is 3. The van der Waals surface area contributed by atoms with Crippen LogP contribution in [0.15, 0.2) is 18.3 Å². The number of pyridine rings is 1. The second-order valence-electron chi connectivity index (χ2n) is 4.74. The summed E-state index contributed by atoms with van der Waals surface area (Å²) in [5, 5.41) is 0. The second-order valence-corrected chi connectivity index (χ2v) is 4.74. The molecule has 17 heavy (non-hydrogen) atoms. The highest BCUT2D eigenvalue weighted by Gasteiger charge is 2.20. The van der Waals surface area contributed by atoms with Crippen molar-refractivity contribution in [2.75, 3.05) is 39.2 Å². The monoisotopic (exact) mass is 235 g/mol. The van der Waals surface area contributed by atoms with E-state index in [-0.39, 0.29) is 0 Å². The molecule has 1 aromatic rings. The third-order valence-electron chi connectivity index (χ3n) is 3.49. The summed E-state index contributed by atoms with van der Waals surface area (Å²) < 4.78 is 5.16. The van der Waals surface area contributed by atoms with Crippen LogP contribution in [0.25, 0.3) is 0 Å². The minimum absolute atomic E-state index is 0.692. The lowest BCUT2D eigenvalue weighted by Crippen LogP contribution is -2.41. The largest absolute Gasteiger partial charge is 0.481 e. The van der Waals surface area contributed by atoms with Crippen LogP contribution in [-0.2, 0) is 0 Å². The Morgan fingerprint density at radius 3 is 2.65 bits per heavy atom. The van der Waals surface area contributed by atoms with E-state index in [0.29, 0.717) is 5.88 Å². The van der Waals surface area contributed by atoms with Crippen molar-refractivity contribution in [3.8, 4) is 5.88 Å². The summed E-state index contributed by atoms with van der Waals surface area (Å²) in [4.78, 5) is 8.87. The molecule has 1 aliphatic heterocycles. The van der Waals surface area contributed by atoms with E-state index in [4.69, 9.17) is 4.74 Å². The maximum atomic E-state index is 5.16. The van der Waals surface area contributed by atoms with Gasteiger partial charge >= 0.3 is 0 Å². The molecule has 0 spiro atoms. The van der Waals surface area contributed by atoms with Crippen molar-refractivity contribution in [3.63, 3.8) is 0 Å². The number of rotatable bonds is 3. The van der Waals surface area contributed by atoms with Crippen LogP contribution < -0.4 is 9.64 Å². The molecular weight excluding hydrogens is 214 g/mol. The average molecular weight is 235 g/mol. The molecule has 0 aromatic carbocycles. The van der Waals surface area contributed by atoms with E-state index in [1.54, 1.807) is 7.11 Å². The van der Waals surface area contributed by atoms with Crippen molar-refractivity contribution in [2.45, 2.75) is 18.9 Å². The van der Waals surface area contributed by atoms with Gasteiger partial charge in [-0.05, 0) is 33.0 Å². The fourth-order valence-corrected chi connectivity index (χ4v) is 2.35. The maximum Gasteiger partial charge on any atom is 0.214 e. The number of anilines is 1. The van der Waals surface area contributed by atoms with E-state index in [0.717, 1.165) is 19.1 Å². The van der Waals surface area contributed by atoms with Crippen LogP contribution >= 0.6 is 0 Å². The molecule has 4 heteroatoms. The van der Waals surface area contributed by atoms with Crippen LogP contribution in [0, 0.1) is 0 Å². The normalized spacial score (nSPS) is 17.5. The lowest BCUT2D eigenvalue weighted by molar-refractivity contribution is 0.249. The Kier molecular flexibility index (Phi) is 3.84. The number of ether oxygens (including phenoxy) is 1. The van der Waals surface area contributed by atoms with Gasteiger partial charge in [-0.2, -0.15) is 0 Å². The van der Waals surface area contributed by atoms with E-state index in [1.807, 2.05) is 12.3 Å². The van der Waals surface area contributed by atoms with Crippen molar-refractivity contribution in [2.24, 2.45) is 0 Å². The lowest BCUT2D eigenvalue weighted by atomic mass is 10.0. The summed E-state index contributed by atoms with van der Waals surface area (Å²) in [7, 11) is 5.98. The Morgan fingerprint density at radius 2 is 2.06 bits per heavy atom. The van der Waals surface area contributed by atoms with Gasteiger partial charge in [0, 0.05) is 37.1 Å². The summed E-state index contributed by atoms with van der Waals surface area (Å²) >= 11 is 0. The van der Waals surface area contributed by atoms with Gasteiger partial charge in [0.1, 0.15) is 0 Å². The quantitative estimate of drug-likeness (QED) is 0.796. The highest BCUT2D eigenvalue weighted by molar-refractivity contribution is 5.48. The first-order chi connectivity index (χ1) is 8.20. The smallest absolute Gasteiger partial charge is 0.214 e. The minimum atomic E-state index is 0.692. The standard InChI is InChI=1S/C13H21N3O/c1-15(2)11-5-8-16(9-6-11)12-4-7-14-13(10-12)17-3/h4,7,10-11H,5-6,8-9H2,1-3H3. The van der Waals surface area contributed by atoms with Crippen molar-refractivity contribution in [1.82, 2.24) is 9.88 Å². The van der Waals surface area contributed by atoms with Gasteiger partial charge in [-0.15, -0.1) is 0 Å². The Balaban J connectivity index is 2.00. The van der Waals surface area contributed by atoms with Gasteiger partial charge < -0.3 is 14.5 Å². The molecule has 0 amide bonds. The molecule has 0 radical (unpaired) electrons. The SMILES string of the molecule is COc1cc(N2CCC(N(C)C)CC2)ccn1. The predicted molar refractivity (Wildman–Crippen MR) is 69.7 cm³/mol. The van der Waals surface area contributed by atoms with E-state index in [2.05, 4.69) is 34.9 Å². The number of aromatic nitrogens is 1. The fourth-order valence-electron chi connectivity index (χ4n) is 2.35. The molecular formula is C13H21N3O. The summed E-state index contributed by atoms with van der Waals surface area (Å²) in [6.45, 7) is 2.21. The Labute approximate surface area is 103 Å². The van der Waals surface area contributed by atoms with E-state index in [1.165, 1.54) is 18.5 Å². The molecule has 0 aliphatic carbocycles. The summed E-state index contributed by atoms with van der Waals surface area (Å²) in [6.07, 6.45) is 4.25. The van der Waals surface area contributed by atoms with Crippen LogP contribution in [0.2, 0.25) is 0 Å². The third-order valence-corrected chi connectivity index (χ3v) is 3.49. The highest BCUT2D eigenvalue weighted by Crippen LogP contribution is 2.23. The minimum Gasteiger partial charge on any atom is -0.481 e. The zero-order chi connectivity index (χ0) is 12.3. The topological polar surface area (TPSA) is 28.6 Å². The first-order valence-electron chi connectivity index (χ1n) is 6.12. The zero-order valence-corrected chi connectivity index (χ0v) is 10.9. The predicted octanol–water partition coefficient (Wildman–Crippen LogP) is 1.62. The molecule has 0 unspecified atom stereocenters. The van der Waals surface area contributed by atoms with Gasteiger partial charge in [0.25, 0.3) is 0 Å². The maximum absolute atomic E-state index is 5.16. The first kappa shape index (κ1) is 12.2. The Bertz CT molecular complexity index is 359. The van der Waals surface area contributed by atoms with Crippen LogP contribution in [-0.4, -0.2) is 50.2 Å². The summed E-state index contributed by atoms with van der Waals surface area (Å²) in [5.41, 5.74) is 1.22. The number of hydrogen-bond donors (Lipinski definition) is 0. The van der Waals surface area contributed by atoms with E-state index >= 15 is 0 Å². The molecule has 0 N–H and O–H groups in total. The molecule has 1 aliphatic rings. The van der Waals surface area contributed by atoms with E-state index in [9.17, 15) is 0 Å². The highest BCUT2D eigenvalue weighted by atomic mass is 16.5. The van der Waals surface area contributed by atoms with Gasteiger partial charge in [0.2, 0.25) is 5.88 Å². The average Bonchev–Trinajstić information content (AvgIpc) is 2.39. The van der Waals surface area contributed by atoms with Gasteiger partial charge in [-0.1, -0.05) is 0 Å². The van der Waals surface area contributed by atoms with E-state index < -0.39 is 0 Å². The molecule has 0 bridgehead atoms. The second kappa shape index (κ2) is 5.36. The van der Waals surface area contributed by atoms with Crippen molar-refractivity contribution in [3.05, 3.63) is 18.3 Å². The van der Waals surface area contributed by atoms with Crippen molar-refractivity contribution in [1.29, 1.82) is 0 Å². The fraction of sp³-hybridized carbons (Fsp3) is 0.615. The van der Waals surface area contributed by atoms with Crippen molar-refractivity contribution >= 4 is 5.69 Å². The molecule has 94 valence electrons. The Hall–Kier alpha value is -1.29.